The minimum absolute atomic E-state index is 0.112. The van der Waals surface area contributed by atoms with Gasteiger partial charge in [0.1, 0.15) is 12.6 Å². The Balaban J connectivity index is -0.000000153. The third kappa shape index (κ3) is 56.6. The van der Waals surface area contributed by atoms with Gasteiger partial charge in [-0.25, -0.2) is 0 Å². The van der Waals surface area contributed by atoms with Crippen LogP contribution in [0, 0.1) is 5.41 Å². The molecule has 0 fully saturated rings. The summed E-state index contributed by atoms with van der Waals surface area (Å²) >= 11 is 0. The van der Waals surface area contributed by atoms with Crippen molar-refractivity contribution in [1.29, 1.82) is 5.41 Å². The SMILES string of the molecule is CC(N)=O.C[N+](C)(C)CCO.N=C(N)NCCCC(N)C(=O)O.NCC(=O)O. The topological polar surface area (TPSA) is 252 Å². The summed E-state index contributed by atoms with van der Waals surface area (Å²) < 4.78 is 0.844. The van der Waals surface area contributed by atoms with Crippen molar-refractivity contribution < 1.29 is 34.2 Å². The van der Waals surface area contributed by atoms with E-state index in [9.17, 15) is 14.4 Å². The van der Waals surface area contributed by atoms with E-state index in [1.165, 1.54) is 6.92 Å². The van der Waals surface area contributed by atoms with Gasteiger partial charge in [-0.2, -0.15) is 0 Å². The van der Waals surface area contributed by atoms with Crippen molar-refractivity contribution in [2.75, 3.05) is 47.4 Å². The Morgan fingerprint density at radius 3 is 1.71 bits per heavy atom. The number of carbonyl (C=O) groups is 3. The van der Waals surface area contributed by atoms with Crippen molar-refractivity contribution in [2.45, 2.75) is 25.8 Å². The second kappa shape index (κ2) is 20.8. The summed E-state index contributed by atoms with van der Waals surface area (Å²) in [5.74, 6) is -2.42. The van der Waals surface area contributed by atoms with Crippen LogP contribution >= 0.6 is 0 Å². The van der Waals surface area contributed by atoms with E-state index in [0.29, 0.717) is 19.4 Å². The number of aliphatic hydroxyl groups is 1. The van der Waals surface area contributed by atoms with E-state index in [1.807, 2.05) is 0 Å². The zero-order valence-electron chi connectivity index (χ0n) is 17.1. The summed E-state index contributed by atoms with van der Waals surface area (Å²) in [6.07, 6.45) is 0.975. The summed E-state index contributed by atoms with van der Waals surface area (Å²) in [7, 11) is 6.16. The Morgan fingerprint density at radius 2 is 1.54 bits per heavy atom. The van der Waals surface area contributed by atoms with Gasteiger partial charge in [0.25, 0.3) is 0 Å². The molecule has 0 bridgehead atoms. The number of nitrogens with one attached hydrogen (secondary N) is 2. The van der Waals surface area contributed by atoms with Crippen molar-refractivity contribution >= 4 is 23.8 Å². The highest BCUT2D eigenvalue weighted by molar-refractivity contribution is 5.74. The smallest absolute Gasteiger partial charge is 0.320 e. The van der Waals surface area contributed by atoms with Gasteiger partial charge in [0.2, 0.25) is 5.91 Å². The number of likely N-dealkylation sites (N-methyl/N-ethyl adjacent to an activating group) is 1. The quantitative estimate of drug-likeness (QED) is 0.0838. The van der Waals surface area contributed by atoms with Crippen molar-refractivity contribution in [3.8, 4) is 0 Å². The van der Waals surface area contributed by atoms with Gasteiger partial charge in [0, 0.05) is 13.5 Å². The molecule has 0 spiro atoms. The minimum Gasteiger partial charge on any atom is -0.480 e. The molecule has 168 valence electrons. The molecule has 0 aromatic carbocycles. The summed E-state index contributed by atoms with van der Waals surface area (Å²) in [4.78, 5) is 28.7. The van der Waals surface area contributed by atoms with Crippen molar-refractivity contribution in [1.82, 2.24) is 5.32 Å². The number of guanidine groups is 1. The molecule has 0 rings (SSSR count). The second-order valence-electron chi connectivity index (χ2n) is 6.37. The zero-order chi connectivity index (χ0) is 23.3. The van der Waals surface area contributed by atoms with Gasteiger partial charge in [-0.05, 0) is 12.8 Å². The number of aliphatic carboxylic acids is 2. The Hall–Kier alpha value is -2.48. The molecule has 0 radical (unpaired) electrons. The monoisotopic (exact) mass is 412 g/mol. The van der Waals surface area contributed by atoms with Crippen LogP contribution in [0.1, 0.15) is 19.8 Å². The van der Waals surface area contributed by atoms with E-state index in [1.54, 1.807) is 0 Å². The summed E-state index contributed by atoms with van der Waals surface area (Å²) in [5, 5.41) is 33.7. The molecule has 0 aliphatic heterocycles. The lowest BCUT2D eigenvalue weighted by Gasteiger charge is -2.21. The van der Waals surface area contributed by atoms with Crippen molar-refractivity contribution in [3.63, 3.8) is 0 Å². The molecule has 0 aromatic rings. The van der Waals surface area contributed by atoms with Crippen LogP contribution in [-0.2, 0) is 14.4 Å². The highest BCUT2D eigenvalue weighted by atomic mass is 16.4. The number of quaternary nitrogens is 1. The number of carboxylic acid groups (broad SMARTS) is 2. The van der Waals surface area contributed by atoms with Crippen LogP contribution in [0.25, 0.3) is 0 Å². The van der Waals surface area contributed by atoms with E-state index in [2.05, 4.69) is 37.9 Å². The lowest BCUT2D eigenvalue weighted by atomic mass is 10.2. The molecule has 0 aliphatic carbocycles. The van der Waals surface area contributed by atoms with Crippen molar-refractivity contribution in [2.24, 2.45) is 22.9 Å². The molecular weight excluding hydrogens is 374 g/mol. The van der Waals surface area contributed by atoms with Crippen LogP contribution < -0.4 is 28.3 Å². The lowest BCUT2D eigenvalue weighted by molar-refractivity contribution is -0.870. The lowest BCUT2D eigenvalue weighted by Crippen LogP contribution is -2.36. The van der Waals surface area contributed by atoms with E-state index in [4.69, 9.17) is 32.2 Å². The summed E-state index contributed by atoms with van der Waals surface area (Å²) in [6, 6.07) is -0.821. The van der Waals surface area contributed by atoms with Gasteiger partial charge in [0.05, 0.1) is 34.3 Å². The third-order valence-corrected chi connectivity index (χ3v) is 2.27. The number of hydrogen-bond acceptors (Lipinski definition) is 7. The van der Waals surface area contributed by atoms with Crippen LogP contribution in [0.4, 0.5) is 0 Å². The van der Waals surface area contributed by atoms with Gasteiger partial charge in [-0.1, -0.05) is 0 Å². The number of amides is 1. The van der Waals surface area contributed by atoms with Gasteiger partial charge in [0.15, 0.2) is 5.96 Å². The Labute approximate surface area is 165 Å². The first-order valence-electron chi connectivity index (χ1n) is 8.26. The van der Waals surface area contributed by atoms with Crippen molar-refractivity contribution in [3.05, 3.63) is 0 Å². The Morgan fingerprint density at radius 1 is 1.14 bits per heavy atom. The molecule has 0 aliphatic rings. The molecule has 0 heterocycles. The van der Waals surface area contributed by atoms with Crippen LogP contribution in [0.2, 0.25) is 0 Å². The van der Waals surface area contributed by atoms with E-state index in [-0.39, 0.29) is 25.0 Å². The van der Waals surface area contributed by atoms with Gasteiger partial charge < -0.3 is 48.1 Å². The molecule has 1 unspecified atom stereocenters. The number of primary amides is 1. The highest BCUT2D eigenvalue weighted by Crippen LogP contribution is 1.92. The first-order chi connectivity index (χ1) is 12.6. The average molecular weight is 413 g/mol. The largest absolute Gasteiger partial charge is 0.480 e. The zero-order valence-corrected chi connectivity index (χ0v) is 17.1. The molecule has 28 heavy (non-hydrogen) atoms. The number of hydrogen-bond donors (Lipinski definition) is 9. The fourth-order valence-corrected chi connectivity index (χ4v) is 0.969. The maximum Gasteiger partial charge on any atom is 0.320 e. The number of nitrogens with zero attached hydrogens (tertiary/aromatic N) is 1. The molecular formula is C15H38N7O6+. The molecule has 13 N–H and O–H groups in total. The molecule has 1 atom stereocenters. The maximum absolute atomic E-state index is 10.2. The molecule has 0 saturated carbocycles. The van der Waals surface area contributed by atoms with Gasteiger partial charge in [-0.15, -0.1) is 0 Å². The fraction of sp³-hybridized carbons (Fsp3) is 0.733. The number of carboxylic acids is 2. The second-order valence-corrected chi connectivity index (χ2v) is 6.37. The standard InChI is InChI=1S/C6H14N4O2.C5H14NO.C2H5NO2.C2H5NO/c7-4(5(11)12)2-1-3-10-6(8)9;1-6(2,3)4-5-7;3-1-2(4)5;1-2(3)4/h4H,1-3,7H2,(H,11,12)(H4,8,9,10);7H,4-5H2,1-3H3;1,3H2,(H,4,5);1H3,(H2,3,4)/q;+1;;. The maximum atomic E-state index is 10.2. The first-order valence-corrected chi connectivity index (χ1v) is 8.26. The van der Waals surface area contributed by atoms with E-state index < -0.39 is 18.0 Å². The third-order valence-electron chi connectivity index (χ3n) is 2.27. The Kier molecular flexibility index (Phi) is 24.6. The minimum atomic E-state index is -1.00. The van der Waals surface area contributed by atoms with Crippen LogP contribution in [0.3, 0.4) is 0 Å². The molecule has 0 saturated heterocycles. The molecule has 1 amide bonds. The predicted octanol–water partition coefficient (Wildman–Crippen LogP) is -3.13. The predicted molar refractivity (Wildman–Crippen MR) is 106 cm³/mol. The first kappa shape index (κ1) is 33.1. The number of aliphatic hydroxyl groups excluding tert-OH is 1. The number of carbonyl (C=O) groups excluding carboxylic acids is 1. The van der Waals surface area contributed by atoms with E-state index in [0.717, 1.165) is 11.0 Å². The average Bonchev–Trinajstić information content (AvgIpc) is 2.50. The van der Waals surface area contributed by atoms with Gasteiger partial charge in [-0.3, -0.25) is 19.8 Å². The van der Waals surface area contributed by atoms with E-state index >= 15 is 0 Å². The van der Waals surface area contributed by atoms with Crippen LogP contribution in [0.15, 0.2) is 0 Å². The molecule has 13 nitrogen and oxygen atoms in total. The summed E-state index contributed by atoms with van der Waals surface area (Å²) in [6.45, 7) is 2.62. The molecule has 13 heteroatoms. The highest BCUT2D eigenvalue weighted by Gasteiger charge is 2.09. The fourth-order valence-electron chi connectivity index (χ4n) is 0.969. The normalized spacial score (nSPS) is 10.4. The Bertz CT molecular complexity index is 437. The summed E-state index contributed by atoms with van der Waals surface area (Å²) in [5.41, 5.74) is 19.3. The van der Waals surface area contributed by atoms with Crippen LogP contribution in [-0.4, -0.2) is 97.0 Å². The molecule has 0 aromatic heterocycles. The number of rotatable bonds is 8. The van der Waals surface area contributed by atoms with Crippen LogP contribution in [0.5, 0.6) is 0 Å². The van der Waals surface area contributed by atoms with Gasteiger partial charge >= 0.3 is 11.9 Å². The number of nitrogens with two attached hydrogens (primary N) is 4.